The predicted octanol–water partition coefficient (Wildman–Crippen LogP) is 1.83. The van der Waals surface area contributed by atoms with E-state index in [4.69, 9.17) is 0 Å². The van der Waals surface area contributed by atoms with Gasteiger partial charge in [-0.25, -0.2) is 0 Å². The van der Waals surface area contributed by atoms with E-state index >= 15 is 0 Å². The van der Waals surface area contributed by atoms with E-state index in [2.05, 4.69) is 45.3 Å². The van der Waals surface area contributed by atoms with Crippen LogP contribution in [0.15, 0.2) is 0 Å². The highest BCUT2D eigenvalue weighted by Gasteiger charge is 2.31. The van der Waals surface area contributed by atoms with Gasteiger partial charge in [-0.3, -0.25) is 0 Å². The Morgan fingerprint density at radius 2 is 1.50 bits per heavy atom. The van der Waals surface area contributed by atoms with Crippen LogP contribution < -0.4 is 10.6 Å². The van der Waals surface area contributed by atoms with Crippen LogP contribution in [-0.2, 0) is 0 Å². The van der Waals surface area contributed by atoms with Gasteiger partial charge in [0.1, 0.15) is 0 Å². The second-order valence-electron chi connectivity index (χ2n) is 5.09. The van der Waals surface area contributed by atoms with Crippen LogP contribution in [-0.4, -0.2) is 20.3 Å². The molecule has 0 aliphatic rings. The van der Waals surface area contributed by atoms with Crippen LogP contribution in [0.1, 0.15) is 34.6 Å². The predicted molar refractivity (Wildman–Crippen MR) is 55.2 cm³/mol. The molecule has 0 rings (SSSR count). The van der Waals surface area contributed by atoms with E-state index in [0.717, 1.165) is 13.2 Å². The fourth-order valence-electron chi connectivity index (χ4n) is 0.765. The molecule has 0 unspecified atom stereocenters. The molecule has 0 aromatic rings. The molecule has 2 heteroatoms. The number of hydrogen-bond donors (Lipinski definition) is 2. The summed E-state index contributed by atoms with van der Waals surface area (Å²) in [6, 6.07) is 0. The zero-order chi connectivity index (χ0) is 9.83. The lowest BCUT2D eigenvalue weighted by molar-refractivity contribution is 0.129. The summed E-state index contributed by atoms with van der Waals surface area (Å²) < 4.78 is 0. The first kappa shape index (κ1) is 11.9. The zero-order valence-corrected chi connectivity index (χ0v) is 9.41. The largest absolute Gasteiger partial charge is 0.308 e. The fraction of sp³-hybridized carbons (Fsp3) is 1.00. The van der Waals surface area contributed by atoms with Crippen molar-refractivity contribution in [3.63, 3.8) is 0 Å². The number of hydrogen-bond acceptors (Lipinski definition) is 2. The summed E-state index contributed by atoms with van der Waals surface area (Å²) in [6.07, 6.45) is 0. The van der Waals surface area contributed by atoms with Crippen LogP contribution in [0.3, 0.4) is 0 Å². The van der Waals surface area contributed by atoms with Gasteiger partial charge in [-0.2, -0.15) is 0 Å². The van der Waals surface area contributed by atoms with E-state index in [1.165, 1.54) is 0 Å². The number of nitrogens with one attached hydrogen (secondary N) is 2. The van der Waals surface area contributed by atoms with Crippen LogP contribution in [0.2, 0.25) is 0 Å². The SMILES string of the molecule is CNCNCC(C)(C)C(C)(C)C. The fourth-order valence-corrected chi connectivity index (χ4v) is 0.765. The van der Waals surface area contributed by atoms with Gasteiger partial charge in [0.05, 0.1) is 0 Å². The van der Waals surface area contributed by atoms with Crippen molar-refractivity contribution in [2.24, 2.45) is 10.8 Å². The maximum absolute atomic E-state index is 3.37. The summed E-state index contributed by atoms with van der Waals surface area (Å²) in [4.78, 5) is 0. The Morgan fingerprint density at radius 3 is 1.83 bits per heavy atom. The van der Waals surface area contributed by atoms with E-state index in [1.807, 2.05) is 7.05 Å². The average Bonchev–Trinajstić information content (AvgIpc) is 1.85. The second-order valence-corrected chi connectivity index (χ2v) is 5.09. The van der Waals surface area contributed by atoms with Crippen molar-refractivity contribution in [2.45, 2.75) is 34.6 Å². The van der Waals surface area contributed by atoms with E-state index < -0.39 is 0 Å². The van der Waals surface area contributed by atoms with E-state index in [1.54, 1.807) is 0 Å². The summed E-state index contributed by atoms with van der Waals surface area (Å²) in [5, 5.41) is 6.45. The van der Waals surface area contributed by atoms with Gasteiger partial charge in [0.25, 0.3) is 0 Å². The molecule has 0 atom stereocenters. The lowest BCUT2D eigenvalue weighted by Crippen LogP contribution is -2.41. The molecule has 74 valence electrons. The van der Waals surface area contributed by atoms with E-state index in [9.17, 15) is 0 Å². The Labute approximate surface area is 77.1 Å². The quantitative estimate of drug-likeness (QED) is 0.499. The molecule has 0 radical (unpaired) electrons. The molecule has 0 heterocycles. The number of rotatable bonds is 4. The maximum Gasteiger partial charge on any atom is 0.0451 e. The highest BCUT2D eigenvalue weighted by atomic mass is 15.0. The highest BCUT2D eigenvalue weighted by Crippen LogP contribution is 2.36. The third kappa shape index (κ3) is 3.55. The summed E-state index contributed by atoms with van der Waals surface area (Å²) in [6.45, 7) is 13.4. The third-order valence-electron chi connectivity index (χ3n) is 2.90. The molecule has 0 fully saturated rings. The smallest absolute Gasteiger partial charge is 0.0451 e. The molecule has 0 amide bonds. The van der Waals surface area contributed by atoms with Crippen LogP contribution in [0.25, 0.3) is 0 Å². The van der Waals surface area contributed by atoms with Crippen LogP contribution in [0, 0.1) is 10.8 Å². The van der Waals surface area contributed by atoms with Gasteiger partial charge in [-0.05, 0) is 17.9 Å². The van der Waals surface area contributed by atoms with Crippen LogP contribution in [0.5, 0.6) is 0 Å². The zero-order valence-electron chi connectivity index (χ0n) is 9.41. The molecule has 0 spiro atoms. The molecule has 2 nitrogen and oxygen atoms in total. The van der Waals surface area contributed by atoms with Gasteiger partial charge >= 0.3 is 0 Å². The Hall–Kier alpha value is -0.0800. The Bertz CT molecular complexity index is 122. The first-order valence-corrected chi connectivity index (χ1v) is 4.66. The van der Waals surface area contributed by atoms with Crippen molar-refractivity contribution in [2.75, 3.05) is 20.3 Å². The maximum atomic E-state index is 3.37. The summed E-state index contributed by atoms with van der Waals surface area (Å²) in [5.41, 5.74) is 0.692. The molecule has 12 heavy (non-hydrogen) atoms. The molecule has 0 bridgehead atoms. The first-order chi connectivity index (χ1) is 5.31. The second kappa shape index (κ2) is 4.24. The van der Waals surface area contributed by atoms with Gasteiger partial charge in [-0.15, -0.1) is 0 Å². The minimum Gasteiger partial charge on any atom is -0.308 e. The molecule has 0 aliphatic heterocycles. The van der Waals surface area contributed by atoms with E-state index in [0.29, 0.717) is 10.8 Å². The minimum atomic E-state index is 0.337. The van der Waals surface area contributed by atoms with Gasteiger partial charge in [-0.1, -0.05) is 34.6 Å². The average molecular weight is 172 g/mol. The van der Waals surface area contributed by atoms with Crippen molar-refractivity contribution in [3.8, 4) is 0 Å². The van der Waals surface area contributed by atoms with Crippen LogP contribution >= 0.6 is 0 Å². The topological polar surface area (TPSA) is 24.1 Å². The highest BCUT2D eigenvalue weighted by molar-refractivity contribution is 4.83. The lowest BCUT2D eigenvalue weighted by Gasteiger charge is -2.39. The van der Waals surface area contributed by atoms with Crippen molar-refractivity contribution in [1.29, 1.82) is 0 Å². The molecule has 0 saturated carbocycles. The Morgan fingerprint density at radius 1 is 1.00 bits per heavy atom. The molecule has 0 aromatic heterocycles. The molecule has 0 saturated heterocycles. The first-order valence-electron chi connectivity index (χ1n) is 4.66. The molecular formula is C10H24N2. The summed E-state index contributed by atoms with van der Waals surface area (Å²) >= 11 is 0. The normalized spacial score (nSPS) is 13.5. The lowest BCUT2D eigenvalue weighted by atomic mass is 9.69. The van der Waals surface area contributed by atoms with Crippen molar-refractivity contribution in [3.05, 3.63) is 0 Å². The minimum absolute atomic E-state index is 0.337. The van der Waals surface area contributed by atoms with Crippen molar-refractivity contribution >= 4 is 0 Å². The van der Waals surface area contributed by atoms with Crippen LogP contribution in [0.4, 0.5) is 0 Å². The molecular weight excluding hydrogens is 148 g/mol. The standard InChI is InChI=1S/C10H24N2/c1-9(2,3)10(4,5)7-12-8-11-6/h11-12H,7-8H2,1-6H3. The van der Waals surface area contributed by atoms with Crippen molar-refractivity contribution < 1.29 is 0 Å². The molecule has 2 N–H and O–H groups in total. The Kier molecular flexibility index (Phi) is 4.21. The van der Waals surface area contributed by atoms with E-state index in [-0.39, 0.29) is 0 Å². The molecule has 0 aromatic carbocycles. The van der Waals surface area contributed by atoms with Crippen molar-refractivity contribution in [1.82, 2.24) is 10.6 Å². The van der Waals surface area contributed by atoms with Gasteiger partial charge in [0.15, 0.2) is 0 Å². The Balaban J connectivity index is 3.88. The van der Waals surface area contributed by atoms with Gasteiger partial charge < -0.3 is 10.6 Å². The van der Waals surface area contributed by atoms with Gasteiger partial charge in [0, 0.05) is 13.2 Å². The summed E-state index contributed by atoms with van der Waals surface area (Å²) in [7, 11) is 1.96. The molecule has 0 aliphatic carbocycles. The van der Waals surface area contributed by atoms with Gasteiger partial charge in [0.2, 0.25) is 0 Å². The third-order valence-corrected chi connectivity index (χ3v) is 2.90. The summed E-state index contributed by atoms with van der Waals surface area (Å²) in [5.74, 6) is 0. The monoisotopic (exact) mass is 172 g/mol.